The molecule has 0 aliphatic carbocycles. The third-order valence-corrected chi connectivity index (χ3v) is 4.00. The molecule has 0 atom stereocenters. The lowest BCUT2D eigenvalue weighted by molar-refractivity contribution is -0.120. The van der Waals surface area contributed by atoms with Crippen LogP contribution in [0.15, 0.2) is 29.3 Å². The first-order valence-corrected chi connectivity index (χ1v) is 7.96. The molecule has 0 fully saturated rings. The van der Waals surface area contributed by atoms with Gasteiger partial charge < -0.3 is 14.8 Å². The Bertz CT molecular complexity index is 814. The number of benzene rings is 1. The Morgan fingerprint density at radius 3 is 2.60 bits per heavy atom. The minimum absolute atomic E-state index is 0.0818. The lowest BCUT2D eigenvalue weighted by Crippen LogP contribution is -2.32. The number of nitrogens with zero attached hydrogens (tertiary/aromatic N) is 2. The minimum atomic E-state index is -0.128. The third-order valence-electron chi connectivity index (χ3n) is 4.00. The van der Waals surface area contributed by atoms with E-state index in [1.165, 1.54) is 10.9 Å². The van der Waals surface area contributed by atoms with E-state index in [0.717, 1.165) is 11.3 Å². The predicted molar refractivity (Wildman–Crippen MR) is 94.2 cm³/mol. The van der Waals surface area contributed by atoms with Gasteiger partial charge in [-0.1, -0.05) is 6.07 Å². The normalized spacial score (nSPS) is 10.4. The van der Waals surface area contributed by atoms with Crippen molar-refractivity contribution in [2.24, 2.45) is 0 Å². The molecular formula is C18H23N3O4. The number of amides is 1. The minimum Gasteiger partial charge on any atom is -0.493 e. The number of hydrogen-bond acceptors (Lipinski definition) is 5. The molecule has 1 N–H and O–H groups in total. The molecule has 7 nitrogen and oxygen atoms in total. The number of nitrogens with one attached hydrogen (secondary N) is 1. The molecule has 0 aliphatic rings. The van der Waals surface area contributed by atoms with E-state index >= 15 is 0 Å². The van der Waals surface area contributed by atoms with Gasteiger partial charge in [-0.15, -0.1) is 0 Å². The van der Waals surface area contributed by atoms with Crippen LogP contribution in [0.4, 0.5) is 0 Å². The molecule has 25 heavy (non-hydrogen) atoms. The summed E-state index contributed by atoms with van der Waals surface area (Å²) in [4.78, 5) is 28.3. The zero-order valence-electron chi connectivity index (χ0n) is 15.0. The van der Waals surface area contributed by atoms with Crippen molar-refractivity contribution in [3.05, 3.63) is 51.7 Å². The number of carbonyl (C=O) groups is 1. The molecule has 0 aliphatic heterocycles. The van der Waals surface area contributed by atoms with Crippen molar-refractivity contribution in [1.29, 1.82) is 0 Å². The summed E-state index contributed by atoms with van der Waals surface area (Å²) < 4.78 is 11.9. The van der Waals surface area contributed by atoms with E-state index in [1.54, 1.807) is 40.2 Å². The second-order valence-corrected chi connectivity index (χ2v) is 5.67. The van der Waals surface area contributed by atoms with Crippen molar-refractivity contribution in [3.63, 3.8) is 0 Å². The molecule has 1 aromatic heterocycles. The van der Waals surface area contributed by atoms with Crippen LogP contribution in [0.25, 0.3) is 0 Å². The summed E-state index contributed by atoms with van der Waals surface area (Å²) in [6, 6.07) is 5.36. The first kappa shape index (κ1) is 18.5. The number of methoxy groups -OCH3 is 2. The fraction of sp³-hybridized carbons (Fsp3) is 0.389. The van der Waals surface area contributed by atoms with E-state index in [0.29, 0.717) is 30.2 Å². The van der Waals surface area contributed by atoms with Gasteiger partial charge in [0.1, 0.15) is 0 Å². The Morgan fingerprint density at radius 2 is 1.92 bits per heavy atom. The van der Waals surface area contributed by atoms with Crippen LogP contribution in [0.5, 0.6) is 11.5 Å². The SMILES string of the molecule is COc1ccc(CC(=O)NCCn2cnc(C)c(C)c2=O)cc1OC. The Hall–Kier alpha value is -2.83. The molecule has 7 heteroatoms. The highest BCUT2D eigenvalue weighted by atomic mass is 16.5. The van der Waals surface area contributed by atoms with Crippen LogP contribution in [-0.2, 0) is 17.8 Å². The van der Waals surface area contributed by atoms with Crippen LogP contribution in [0.1, 0.15) is 16.8 Å². The average molecular weight is 345 g/mol. The quantitative estimate of drug-likeness (QED) is 0.816. The Kier molecular flexibility index (Phi) is 6.16. The molecule has 0 radical (unpaired) electrons. The molecular weight excluding hydrogens is 322 g/mol. The van der Waals surface area contributed by atoms with Gasteiger partial charge in [-0.3, -0.25) is 14.2 Å². The van der Waals surface area contributed by atoms with Gasteiger partial charge in [-0.25, -0.2) is 4.98 Å². The van der Waals surface area contributed by atoms with E-state index in [-0.39, 0.29) is 17.9 Å². The number of hydrogen-bond donors (Lipinski definition) is 1. The largest absolute Gasteiger partial charge is 0.493 e. The van der Waals surface area contributed by atoms with Gasteiger partial charge in [0.05, 0.1) is 27.0 Å². The van der Waals surface area contributed by atoms with Gasteiger partial charge in [-0.05, 0) is 31.5 Å². The first-order chi connectivity index (χ1) is 12.0. The molecule has 0 spiro atoms. The molecule has 0 saturated heterocycles. The molecule has 134 valence electrons. The summed E-state index contributed by atoms with van der Waals surface area (Å²) in [5.74, 6) is 1.07. The van der Waals surface area contributed by atoms with Gasteiger partial charge in [0.25, 0.3) is 5.56 Å². The standard InChI is InChI=1S/C18H23N3O4/c1-12-13(2)20-11-21(18(12)23)8-7-19-17(22)10-14-5-6-15(24-3)16(9-14)25-4/h5-6,9,11H,7-8,10H2,1-4H3,(H,19,22). The molecule has 2 aromatic rings. The second-order valence-electron chi connectivity index (χ2n) is 5.67. The van der Waals surface area contributed by atoms with Crippen LogP contribution in [0, 0.1) is 13.8 Å². The lowest BCUT2D eigenvalue weighted by atomic mass is 10.1. The maximum Gasteiger partial charge on any atom is 0.256 e. The van der Waals surface area contributed by atoms with E-state index in [4.69, 9.17) is 9.47 Å². The fourth-order valence-corrected chi connectivity index (χ4v) is 2.39. The van der Waals surface area contributed by atoms with Crippen molar-refractivity contribution >= 4 is 5.91 Å². The topological polar surface area (TPSA) is 82.5 Å². The number of ether oxygens (including phenoxy) is 2. The highest BCUT2D eigenvalue weighted by Crippen LogP contribution is 2.27. The van der Waals surface area contributed by atoms with Crippen molar-refractivity contribution < 1.29 is 14.3 Å². The van der Waals surface area contributed by atoms with Gasteiger partial charge in [0.2, 0.25) is 5.91 Å². The van der Waals surface area contributed by atoms with Crippen molar-refractivity contribution in [1.82, 2.24) is 14.9 Å². The Balaban J connectivity index is 1.91. The molecule has 0 saturated carbocycles. The van der Waals surface area contributed by atoms with Gasteiger partial charge in [0.15, 0.2) is 11.5 Å². The van der Waals surface area contributed by atoms with Crippen LogP contribution in [0.2, 0.25) is 0 Å². The van der Waals surface area contributed by atoms with Gasteiger partial charge in [-0.2, -0.15) is 0 Å². The summed E-state index contributed by atoms with van der Waals surface area (Å²) in [6.45, 7) is 4.28. The molecule has 0 bridgehead atoms. The number of aryl methyl sites for hydroxylation is 1. The number of aromatic nitrogens is 2. The average Bonchev–Trinajstić information content (AvgIpc) is 2.61. The van der Waals surface area contributed by atoms with Crippen LogP contribution in [0.3, 0.4) is 0 Å². The molecule has 0 unspecified atom stereocenters. The zero-order valence-corrected chi connectivity index (χ0v) is 15.0. The monoisotopic (exact) mass is 345 g/mol. The first-order valence-electron chi connectivity index (χ1n) is 7.96. The van der Waals surface area contributed by atoms with Crippen molar-refractivity contribution in [3.8, 4) is 11.5 Å². The van der Waals surface area contributed by atoms with Crippen molar-refractivity contribution in [2.75, 3.05) is 20.8 Å². The second kappa shape index (κ2) is 8.32. The van der Waals surface area contributed by atoms with Crippen molar-refractivity contribution in [2.45, 2.75) is 26.8 Å². The number of carbonyl (C=O) groups excluding carboxylic acids is 1. The van der Waals surface area contributed by atoms with E-state index in [2.05, 4.69) is 10.3 Å². The Labute approximate surface area is 146 Å². The maximum absolute atomic E-state index is 12.1. The summed E-state index contributed by atoms with van der Waals surface area (Å²) >= 11 is 0. The van der Waals surface area contributed by atoms with E-state index in [9.17, 15) is 9.59 Å². The fourth-order valence-electron chi connectivity index (χ4n) is 2.39. The number of rotatable bonds is 7. The predicted octanol–water partition coefficient (Wildman–Crippen LogP) is 1.24. The zero-order chi connectivity index (χ0) is 18.4. The van der Waals surface area contributed by atoms with Gasteiger partial charge >= 0.3 is 0 Å². The van der Waals surface area contributed by atoms with Crippen LogP contribution >= 0.6 is 0 Å². The highest BCUT2D eigenvalue weighted by Gasteiger charge is 2.09. The smallest absolute Gasteiger partial charge is 0.256 e. The maximum atomic E-state index is 12.1. The highest BCUT2D eigenvalue weighted by molar-refractivity contribution is 5.78. The summed E-state index contributed by atoms with van der Waals surface area (Å²) in [5, 5.41) is 2.81. The summed E-state index contributed by atoms with van der Waals surface area (Å²) in [5.41, 5.74) is 2.08. The summed E-state index contributed by atoms with van der Waals surface area (Å²) in [7, 11) is 3.12. The van der Waals surface area contributed by atoms with Crippen LogP contribution < -0.4 is 20.3 Å². The summed E-state index contributed by atoms with van der Waals surface area (Å²) in [6.07, 6.45) is 1.73. The molecule has 1 aromatic carbocycles. The lowest BCUT2D eigenvalue weighted by Gasteiger charge is -2.11. The third kappa shape index (κ3) is 4.59. The molecule has 1 amide bonds. The Morgan fingerprint density at radius 1 is 1.20 bits per heavy atom. The molecule has 1 heterocycles. The van der Waals surface area contributed by atoms with Crippen LogP contribution in [-0.4, -0.2) is 36.2 Å². The van der Waals surface area contributed by atoms with E-state index in [1.807, 2.05) is 6.07 Å². The van der Waals surface area contributed by atoms with E-state index < -0.39 is 0 Å². The molecule has 2 rings (SSSR count). The van der Waals surface area contributed by atoms with Gasteiger partial charge in [0, 0.05) is 24.3 Å².